The Morgan fingerprint density at radius 2 is 2.18 bits per heavy atom. The SMILES string of the molecule is CN(C)CCCNc1ccc(S)cc1[N+](=O)[O-]. The minimum absolute atomic E-state index is 0.0716. The molecule has 0 saturated heterocycles. The molecule has 0 aliphatic rings. The molecular weight excluding hydrogens is 238 g/mol. The van der Waals surface area contributed by atoms with Gasteiger partial charge in [-0.2, -0.15) is 0 Å². The van der Waals surface area contributed by atoms with Gasteiger partial charge in [-0.05, 0) is 39.2 Å². The van der Waals surface area contributed by atoms with Crippen LogP contribution in [0.3, 0.4) is 0 Å². The highest BCUT2D eigenvalue weighted by atomic mass is 32.1. The van der Waals surface area contributed by atoms with Crippen LogP contribution in [0, 0.1) is 10.1 Å². The largest absolute Gasteiger partial charge is 0.379 e. The molecule has 6 heteroatoms. The van der Waals surface area contributed by atoms with Gasteiger partial charge < -0.3 is 10.2 Å². The molecule has 0 bridgehead atoms. The fourth-order valence-corrected chi connectivity index (χ4v) is 1.64. The molecule has 5 nitrogen and oxygen atoms in total. The fraction of sp³-hybridized carbons (Fsp3) is 0.455. The Labute approximate surface area is 106 Å². The maximum atomic E-state index is 10.8. The minimum atomic E-state index is -0.395. The van der Waals surface area contributed by atoms with Gasteiger partial charge in [0.05, 0.1) is 4.92 Å². The summed E-state index contributed by atoms with van der Waals surface area (Å²) >= 11 is 4.09. The van der Waals surface area contributed by atoms with Gasteiger partial charge in [0.2, 0.25) is 0 Å². The summed E-state index contributed by atoms with van der Waals surface area (Å²) in [4.78, 5) is 13.1. The van der Waals surface area contributed by atoms with Gasteiger partial charge in [0.1, 0.15) is 5.69 Å². The van der Waals surface area contributed by atoms with Crippen molar-refractivity contribution in [1.29, 1.82) is 0 Å². The number of benzene rings is 1. The molecule has 1 N–H and O–H groups in total. The quantitative estimate of drug-likeness (QED) is 0.354. The Bertz CT molecular complexity index is 396. The van der Waals surface area contributed by atoms with Gasteiger partial charge in [-0.15, -0.1) is 12.6 Å². The van der Waals surface area contributed by atoms with Crippen LogP contribution in [0.15, 0.2) is 23.1 Å². The van der Waals surface area contributed by atoms with E-state index in [-0.39, 0.29) is 5.69 Å². The highest BCUT2D eigenvalue weighted by Gasteiger charge is 2.13. The van der Waals surface area contributed by atoms with Crippen LogP contribution in [0.25, 0.3) is 0 Å². The molecule has 0 fully saturated rings. The monoisotopic (exact) mass is 255 g/mol. The Morgan fingerprint density at radius 3 is 2.76 bits per heavy atom. The summed E-state index contributed by atoms with van der Waals surface area (Å²) in [5.41, 5.74) is 0.619. The molecular formula is C11H17N3O2S. The molecule has 17 heavy (non-hydrogen) atoms. The van der Waals surface area contributed by atoms with Gasteiger partial charge in [-0.1, -0.05) is 0 Å². The highest BCUT2D eigenvalue weighted by molar-refractivity contribution is 7.80. The van der Waals surface area contributed by atoms with Crippen LogP contribution in [0.4, 0.5) is 11.4 Å². The van der Waals surface area contributed by atoms with Crippen LogP contribution in [0.5, 0.6) is 0 Å². The minimum Gasteiger partial charge on any atom is -0.379 e. The molecule has 0 atom stereocenters. The average molecular weight is 255 g/mol. The van der Waals surface area contributed by atoms with E-state index in [1.165, 1.54) is 6.07 Å². The van der Waals surface area contributed by atoms with E-state index in [9.17, 15) is 10.1 Å². The van der Waals surface area contributed by atoms with Crippen LogP contribution in [-0.2, 0) is 0 Å². The van der Waals surface area contributed by atoms with E-state index in [1.54, 1.807) is 12.1 Å². The fourth-order valence-electron chi connectivity index (χ4n) is 1.44. The smallest absolute Gasteiger partial charge is 0.293 e. The molecule has 1 aromatic rings. The molecule has 1 rings (SSSR count). The summed E-state index contributed by atoms with van der Waals surface area (Å²) in [7, 11) is 4.00. The zero-order valence-corrected chi connectivity index (χ0v) is 10.9. The first-order chi connectivity index (χ1) is 8.00. The molecule has 0 saturated carbocycles. The van der Waals surface area contributed by atoms with E-state index in [1.807, 2.05) is 14.1 Å². The van der Waals surface area contributed by atoms with Crippen molar-refractivity contribution in [1.82, 2.24) is 4.90 Å². The van der Waals surface area contributed by atoms with E-state index in [0.29, 0.717) is 17.1 Å². The molecule has 0 spiro atoms. The van der Waals surface area contributed by atoms with Crippen molar-refractivity contribution in [2.24, 2.45) is 0 Å². The third kappa shape index (κ3) is 4.62. The van der Waals surface area contributed by atoms with Crippen LogP contribution in [0.1, 0.15) is 6.42 Å². The molecule has 0 unspecified atom stereocenters. The van der Waals surface area contributed by atoms with Gasteiger partial charge >= 0.3 is 0 Å². The highest BCUT2D eigenvalue weighted by Crippen LogP contribution is 2.26. The lowest BCUT2D eigenvalue weighted by atomic mass is 10.2. The summed E-state index contributed by atoms with van der Waals surface area (Å²) in [6, 6.07) is 4.89. The van der Waals surface area contributed by atoms with Crippen molar-refractivity contribution in [3.05, 3.63) is 28.3 Å². The van der Waals surface area contributed by atoms with Crippen molar-refractivity contribution < 1.29 is 4.92 Å². The van der Waals surface area contributed by atoms with Crippen molar-refractivity contribution in [2.45, 2.75) is 11.3 Å². The normalized spacial score (nSPS) is 10.6. The molecule has 1 aromatic carbocycles. The second kappa shape index (κ2) is 6.46. The Hall–Kier alpha value is -1.27. The molecule has 0 amide bonds. The first kappa shape index (κ1) is 13.8. The van der Waals surface area contributed by atoms with Crippen LogP contribution in [0.2, 0.25) is 0 Å². The number of nitrogens with one attached hydrogen (secondary N) is 1. The molecule has 0 heterocycles. The van der Waals surface area contributed by atoms with Gasteiger partial charge in [-0.3, -0.25) is 10.1 Å². The second-order valence-corrected chi connectivity index (χ2v) is 4.56. The topological polar surface area (TPSA) is 58.4 Å². The number of nitro benzene ring substituents is 1. The van der Waals surface area contributed by atoms with Crippen molar-refractivity contribution in [3.63, 3.8) is 0 Å². The standard InChI is InChI=1S/C11H17N3O2S/c1-13(2)7-3-6-12-10-5-4-9(17)8-11(10)14(15)16/h4-5,8,12,17H,3,6-7H2,1-2H3. The molecule has 0 aromatic heterocycles. The number of thiol groups is 1. The van der Waals surface area contributed by atoms with Gasteiger partial charge in [0.25, 0.3) is 5.69 Å². The van der Waals surface area contributed by atoms with E-state index in [2.05, 4.69) is 22.8 Å². The van der Waals surface area contributed by atoms with Crippen molar-refractivity contribution >= 4 is 24.0 Å². The second-order valence-electron chi connectivity index (χ2n) is 4.04. The summed E-state index contributed by atoms with van der Waals surface area (Å²) in [5.74, 6) is 0. The lowest BCUT2D eigenvalue weighted by molar-refractivity contribution is -0.384. The van der Waals surface area contributed by atoms with E-state index >= 15 is 0 Å². The lowest BCUT2D eigenvalue weighted by Crippen LogP contribution is -2.16. The van der Waals surface area contributed by atoms with Gasteiger partial charge in [0.15, 0.2) is 0 Å². The van der Waals surface area contributed by atoms with Gasteiger partial charge in [-0.25, -0.2) is 0 Å². The molecule has 0 aliphatic heterocycles. The zero-order chi connectivity index (χ0) is 12.8. The first-order valence-corrected chi connectivity index (χ1v) is 5.81. The van der Waals surface area contributed by atoms with E-state index in [0.717, 1.165) is 13.0 Å². The maximum Gasteiger partial charge on any atom is 0.293 e. The Balaban J connectivity index is 2.61. The van der Waals surface area contributed by atoms with Crippen molar-refractivity contribution in [2.75, 3.05) is 32.5 Å². The summed E-state index contributed by atoms with van der Waals surface area (Å²) in [6.45, 7) is 1.66. The summed E-state index contributed by atoms with van der Waals surface area (Å²) in [6.07, 6.45) is 0.937. The number of anilines is 1. The molecule has 0 radical (unpaired) electrons. The number of nitro groups is 1. The Morgan fingerprint density at radius 1 is 1.47 bits per heavy atom. The van der Waals surface area contributed by atoms with Crippen LogP contribution >= 0.6 is 12.6 Å². The maximum absolute atomic E-state index is 10.8. The van der Waals surface area contributed by atoms with E-state index < -0.39 is 4.92 Å². The summed E-state index contributed by atoms with van der Waals surface area (Å²) < 4.78 is 0. The van der Waals surface area contributed by atoms with Crippen LogP contribution in [-0.4, -0.2) is 37.0 Å². The summed E-state index contributed by atoms with van der Waals surface area (Å²) in [5, 5.41) is 13.9. The van der Waals surface area contributed by atoms with E-state index in [4.69, 9.17) is 0 Å². The van der Waals surface area contributed by atoms with Crippen molar-refractivity contribution in [3.8, 4) is 0 Å². The molecule has 0 aliphatic carbocycles. The third-order valence-electron chi connectivity index (χ3n) is 2.28. The molecule has 94 valence electrons. The van der Waals surface area contributed by atoms with Gasteiger partial charge in [0, 0.05) is 17.5 Å². The van der Waals surface area contributed by atoms with Crippen LogP contribution < -0.4 is 5.32 Å². The zero-order valence-electron chi connectivity index (χ0n) is 10.0. The number of hydrogen-bond donors (Lipinski definition) is 2. The predicted molar refractivity (Wildman–Crippen MR) is 72.0 cm³/mol. The number of nitrogens with zero attached hydrogens (tertiary/aromatic N) is 2. The Kier molecular flexibility index (Phi) is 5.24. The average Bonchev–Trinajstić information content (AvgIpc) is 2.25. The predicted octanol–water partition coefficient (Wildman–Crippen LogP) is 2.25. The number of rotatable bonds is 6. The lowest BCUT2D eigenvalue weighted by Gasteiger charge is -2.10. The third-order valence-corrected chi connectivity index (χ3v) is 2.55. The first-order valence-electron chi connectivity index (χ1n) is 5.36. The number of hydrogen-bond acceptors (Lipinski definition) is 5.